The maximum absolute atomic E-state index is 15.6. The van der Waals surface area contributed by atoms with Crippen LogP contribution >= 0.6 is 20.7 Å². The molecule has 2 unspecified atom stereocenters. The summed E-state index contributed by atoms with van der Waals surface area (Å²) < 4.78 is 21.9. The molecule has 1 aliphatic carbocycles. The van der Waals surface area contributed by atoms with Crippen molar-refractivity contribution in [1.82, 2.24) is 4.90 Å². The second-order valence-corrected chi connectivity index (χ2v) is 12.9. The first-order chi connectivity index (χ1) is 16.8. The fraction of sp³-hybridized carbons (Fsp3) is 0.429. The van der Waals surface area contributed by atoms with Crippen molar-refractivity contribution in [2.24, 2.45) is 5.41 Å². The Morgan fingerprint density at radius 1 is 1.19 bits per heavy atom. The molecular weight excluding hydrogens is 574 g/mol. The Morgan fingerprint density at radius 2 is 1.83 bits per heavy atom. The Bertz CT molecular complexity index is 1150. The van der Waals surface area contributed by atoms with Crippen LogP contribution in [0.4, 0.5) is 4.39 Å². The van der Waals surface area contributed by atoms with E-state index in [1.165, 1.54) is 11.8 Å². The van der Waals surface area contributed by atoms with Crippen molar-refractivity contribution in [1.29, 1.82) is 5.41 Å². The van der Waals surface area contributed by atoms with Gasteiger partial charge in [-0.3, -0.25) is 15.0 Å². The highest BCUT2D eigenvalue weighted by Crippen LogP contribution is 2.32. The molecule has 1 amide bonds. The van der Waals surface area contributed by atoms with Gasteiger partial charge in [-0.25, -0.2) is 4.39 Å². The first kappa shape index (κ1) is 28.3. The van der Waals surface area contributed by atoms with Crippen LogP contribution in [-0.2, 0) is 20.0 Å². The molecule has 1 heterocycles. The lowest BCUT2D eigenvalue weighted by Crippen LogP contribution is -2.54. The predicted molar refractivity (Wildman–Crippen MR) is 149 cm³/mol. The number of halogens is 2. The van der Waals surface area contributed by atoms with Crippen LogP contribution < -0.4 is 0 Å². The average Bonchev–Trinajstić information content (AvgIpc) is 3.34. The monoisotopic (exact) mass is 608 g/mol. The lowest BCUT2D eigenvalue weighted by Gasteiger charge is -2.39. The molecule has 0 radical (unpaired) electrons. The van der Waals surface area contributed by atoms with Crippen LogP contribution in [0.1, 0.15) is 46.1 Å². The number of aliphatic hydroxyl groups is 1. The number of Topliss-reactive ketones (excluding diaryl/α,β-unsaturated/α-hetero) is 1. The van der Waals surface area contributed by atoms with E-state index >= 15 is 4.39 Å². The molecule has 1 aromatic carbocycles. The second-order valence-electron chi connectivity index (χ2n) is 10.2. The van der Waals surface area contributed by atoms with Gasteiger partial charge in [-0.15, -0.1) is 0 Å². The standard InChI is InChI=1S/C28H34FIN2O4/c1-18(23(33)19-11-12-20(16-19)24(31)30-25(34)27(2,3)4)15-22-17-36-14-13-32(22)26(35)28(5,29)21-9-7-6-8-10-21/h6-12,22,31,34H,1,13-17H2,2-5H3. The third-order valence-corrected chi connectivity index (χ3v) is 9.61. The van der Waals surface area contributed by atoms with Gasteiger partial charge in [-0.1, -0.05) is 69.8 Å². The van der Waals surface area contributed by atoms with Gasteiger partial charge in [0.05, 0.1) is 26.7 Å². The van der Waals surface area contributed by atoms with E-state index in [0.29, 0.717) is 31.6 Å². The van der Waals surface area contributed by atoms with Gasteiger partial charge in [0.25, 0.3) is 5.91 Å². The number of carbonyl (C=O) groups is 2. The number of benzene rings is 1. The number of alkyl halides is 1. The number of allylic oxidation sites excluding steroid dienone is 4. The fourth-order valence-corrected chi connectivity index (χ4v) is 6.00. The molecule has 0 bridgehead atoms. The van der Waals surface area contributed by atoms with Gasteiger partial charge >= 0.3 is 0 Å². The number of hydrogen-bond donors (Lipinski definition) is 2. The molecule has 1 fully saturated rings. The van der Waals surface area contributed by atoms with E-state index in [4.69, 9.17) is 10.1 Å². The fourth-order valence-electron chi connectivity index (χ4n) is 3.96. The molecule has 2 atom stereocenters. The smallest absolute Gasteiger partial charge is 0.265 e. The van der Waals surface area contributed by atoms with Crippen molar-refractivity contribution in [2.45, 2.75) is 52.2 Å². The van der Waals surface area contributed by atoms with Crippen LogP contribution in [0.15, 0.2) is 65.8 Å². The normalized spacial score (nSPS) is 20.6. The number of nitrogens with one attached hydrogen (secondary N) is 1. The molecule has 36 heavy (non-hydrogen) atoms. The van der Waals surface area contributed by atoms with Gasteiger partial charge in [0, 0.05) is 24.0 Å². The van der Waals surface area contributed by atoms with Gasteiger partial charge in [0.2, 0.25) is 5.67 Å². The summed E-state index contributed by atoms with van der Waals surface area (Å²) in [5.41, 5.74) is -0.731. The molecule has 3 rings (SSSR count). The molecule has 0 spiro atoms. The number of ether oxygens (including phenoxy) is 1. The summed E-state index contributed by atoms with van der Waals surface area (Å²) in [4.78, 5) is 27.8. The topological polar surface area (TPSA) is 90.7 Å². The third kappa shape index (κ3) is 6.52. The highest BCUT2D eigenvalue weighted by molar-refractivity contribution is 14.2. The largest absolute Gasteiger partial charge is 0.377 e. The number of hydrogen-bond acceptors (Lipinski definition) is 5. The third-order valence-electron chi connectivity index (χ3n) is 6.25. The first-order valence-corrected chi connectivity index (χ1v) is 14.0. The molecule has 2 aliphatic rings. The van der Waals surface area contributed by atoms with E-state index < -0.39 is 38.3 Å². The van der Waals surface area contributed by atoms with Gasteiger partial charge in [-0.05, 0) is 50.8 Å². The Hall–Kier alpha value is -2.30. The number of ketones is 1. The molecular formula is C28H34FIN2O4. The van der Waals surface area contributed by atoms with E-state index in [2.05, 4.69) is 6.58 Å². The minimum atomic E-state index is -2.20. The lowest BCUT2D eigenvalue weighted by atomic mass is 9.93. The Balaban J connectivity index is 1.65. The summed E-state index contributed by atoms with van der Waals surface area (Å²) in [6, 6.07) is 7.83. The van der Waals surface area contributed by atoms with Crippen molar-refractivity contribution in [3.05, 3.63) is 71.3 Å². The Kier molecular flexibility index (Phi) is 8.95. The van der Waals surface area contributed by atoms with Crippen LogP contribution in [0.2, 0.25) is 0 Å². The van der Waals surface area contributed by atoms with E-state index in [0.717, 1.165) is 5.57 Å². The summed E-state index contributed by atoms with van der Waals surface area (Å²) in [6.45, 7) is 11.7. The zero-order chi connectivity index (χ0) is 26.7. The summed E-state index contributed by atoms with van der Waals surface area (Å²) >= 11 is -0.994. The molecule has 1 aromatic rings. The number of carbonyl (C=O) groups excluding carboxylic acids is 2. The quantitative estimate of drug-likeness (QED) is 0.236. The minimum Gasteiger partial charge on any atom is -0.377 e. The van der Waals surface area contributed by atoms with Gasteiger partial charge in [0.1, 0.15) is 0 Å². The molecule has 2 N–H and O–H groups in total. The van der Waals surface area contributed by atoms with E-state index in [-0.39, 0.29) is 36.3 Å². The number of nitrogens with zero attached hydrogens (tertiary/aromatic N) is 1. The highest BCUT2D eigenvalue weighted by Gasteiger charge is 2.42. The minimum absolute atomic E-state index is 0.172. The van der Waals surface area contributed by atoms with Gasteiger partial charge < -0.3 is 14.7 Å². The molecule has 8 heteroatoms. The first-order valence-electron chi connectivity index (χ1n) is 11.9. The number of amides is 1. The number of aliphatic hydroxyl groups excluding tert-OH is 1. The summed E-state index contributed by atoms with van der Waals surface area (Å²) in [5.74, 6) is -0.890. The Morgan fingerprint density at radius 3 is 2.47 bits per heavy atom. The molecule has 6 nitrogen and oxygen atoms in total. The zero-order valence-electron chi connectivity index (χ0n) is 21.2. The van der Waals surface area contributed by atoms with Crippen LogP contribution in [-0.4, -0.2) is 54.9 Å². The maximum Gasteiger partial charge on any atom is 0.265 e. The molecule has 0 aromatic heterocycles. The van der Waals surface area contributed by atoms with Gasteiger partial charge in [0.15, 0.2) is 5.78 Å². The Labute approximate surface area is 222 Å². The SMILES string of the molecule is C=C(CC1COCCN1C(=O)C(C)(F)c1ccccc1)C(=O)C1=CC=C(C(=N)I=C(O)C(C)(C)C)C1. The molecule has 1 saturated heterocycles. The maximum atomic E-state index is 15.6. The van der Waals surface area contributed by atoms with Crippen LogP contribution in [0.3, 0.4) is 0 Å². The van der Waals surface area contributed by atoms with E-state index in [1.807, 2.05) is 20.8 Å². The van der Waals surface area contributed by atoms with Crippen molar-refractivity contribution in [3.63, 3.8) is 0 Å². The number of morpholine rings is 1. The molecule has 194 valence electrons. The van der Waals surface area contributed by atoms with Crippen molar-refractivity contribution >= 4 is 39.8 Å². The lowest BCUT2D eigenvalue weighted by molar-refractivity contribution is -0.152. The second kappa shape index (κ2) is 11.4. The van der Waals surface area contributed by atoms with Crippen molar-refractivity contribution in [3.8, 4) is 0 Å². The highest BCUT2D eigenvalue weighted by atomic mass is 127. The van der Waals surface area contributed by atoms with Crippen molar-refractivity contribution in [2.75, 3.05) is 19.8 Å². The van der Waals surface area contributed by atoms with E-state index in [9.17, 15) is 14.7 Å². The summed E-state index contributed by atoms with van der Waals surface area (Å²) in [7, 11) is 0. The average molecular weight is 608 g/mol. The summed E-state index contributed by atoms with van der Waals surface area (Å²) in [5, 5.41) is 18.7. The van der Waals surface area contributed by atoms with Crippen molar-refractivity contribution < 1.29 is 23.8 Å². The summed E-state index contributed by atoms with van der Waals surface area (Å²) in [6.07, 6.45) is 3.94. The van der Waals surface area contributed by atoms with Gasteiger partial charge in [-0.2, -0.15) is 0 Å². The van der Waals surface area contributed by atoms with Crippen LogP contribution in [0.25, 0.3) is 0 Å². The molecule has 0 saturated carbocycles. The van der Waals surface area contributed by atoms with Crippen LogP contribution in [0, 0.1) is 10.8 Å². The predicted octanol–water partition coefficient (Wildman–Crippen LogP) is 5.37. The zero-order valence-corrected chi connectivity index (χ0v) is 23.4. The van der Waals surface area contributed by atoms with E-state index in [1.54, 1.807) is 42.5 Å². The number of rotatable bonds is 8. The van der Waals surface area contributed by atoms with Crippen LogP contribution in [0.5, 0.6) is 0 Å². The molecule has 1 aliphatic heterocycles.